The molecule has 5 heteroatoms. The van der Waals surface area contributed by atoms with E-state index in [-0.39, 0.29) is 12.0 Å². The van der Waals surface area contributed by atoms with Crippen LogP contribution in [-0.4, -0.2) is 55.5 Å². The summed E-state index contributed by atoms with van der Waals surface area (Å²) in [6, 6.07) is 8.11. The van der Waals surface area contributed by atoms with Crippen LogP contribution in [0.4, 0.5) is 0 Å². The van der Waals surface area contributed by atoms with E-state index in [9.17, 15) is 5.11 Å². The maximum absolute atomic E-state index is 10.4. The van der Waals surface area contributed by atoms with Crippen molar-refractivity contribution < 1.29 is 20.0 Å². The molecule has 1 aliphatic heterocycles. The summed E-state index contributed by atoms with van der Waals surface area (Å²) in [4.78, 5) is 1.41. The number of aliphatic hydroxyl groups excluding tert-OH is 1. The molecule has 2 atom stereocenters. The van der Waals surface area contributed by atoms with E-state index >= 15 is 0 Å². The lowest BCUT2D eigenvalue weighted by Gasteiger charge is -2.26. The van der Waals surface area contributed by atoms with E-state index in [4.69, 9.17) is 9.94 Å². The van der Waals surface area contributed by atoms with Gasteiger partial charge < -0.3 is 20.0 Å². The first kappa shape index (κ1) is 15.2. The number of quaternary nitrogens is 1. The van der Waals surface area contributed by atoms with E-state index in [1.807, 2.05) is 18.2 Å². The summed E-state index contributed by atoms with van der Waals surface area (Å²) in [5, 5.41) is 22.4. The van der Waals surface area contributed by atoms with E-state index in [2.05, 4.69) is 17.3 Å². The Labute approximate surface area is 130 Å². The van der Waals surface area contributed by atoms with Crippen LogP contribution in [0.2, 0.25) is 0 Å². The van der Waals surface area contributed by atoms with Gasteiger partial charge in [-0.05, 0) is 17.5 Å². The zero-order chi connectivity index (χ0) is 15.4. The van der Waals surface area contributed by atoms with Gasteiger partial charge in [-0.1, -0.05) is 35.5 Å². The standard InChI is InChI=1S/C17H22N2O3/c20-15(12-19-5-7-22-8-6-19)10-13-9-14(11-18-21)17-4-2-1-3-16(13)17/h1-4,9,11,13,15,20-21H,5-8,10,12H2/p+1/b18-11-/t13-,15+/m1/s1. The highest BCUT2D eigenvalue weighted by molar-refractivity contribution is 6.11. The van der Waals surface area contributed by atoms with Gasteiger partial charge in [0.15, 0.2) is 0 Å². The van der Waals surface area contributed by atoms with Crippen LogP contribution < -0.4 is 4.90 Å². The van der Waals surface area contributed by atoms with Crippen molar-refractivity contribution in [3.63, 3.8) is 0 Å². The number of benzene rings is 1. The first-order valence-electron chi connectivity index (χ1n) is 7.86. The van der Waals surface area contributed by atoms with Crippen LogP contribution in [0.1, 0.15) is 23.5 Å². The lowest BCUT2D eigenvalue weighted by molar-refractivity contribution is -0.911. The van der Waals surface area contributed by atoms with Crippen molar-refractivity contribution >= 4 is 11.8 Å². The van der Waals surface area contributed by atoms with Crippen LogP contribution in [0.15, 0.2) is 35.5 Å². The normalized spacial score (nSPS) is 23.5. The molecule has 3 rings (SSSR count). The number of rotatable bonds is 5. The maximum atomic E-state index is 10.4. The number of morpholine rings is 1. The highest BCUT2D eigenvalue weighted by atomic mass is 16.5. The molecule has 1 fully saturated rings. The van der Waals surface area contributed by atoms with Crippen molar-refractivity contribution in [2.75, 3.05) is 32.8 Å². The average molecular weight is 303 g/mol. The van der Waals surface area contributed by atoms with Crippen LogP contribution in [0.25, 0.3) is 5.57 Å². The molecule has 0 radical (unpaired) electrons. The molecule has 1 heterocycles. The van der Waals surface area contributed by atoms with Crippen molar-refractivity contribution in [2.45, 2.75) is 18.4 Å². The molecule has 1 aromatic carbocycles. The molecule has 0 spiro atoms. The predicted molar refractivity (Wildman–Crippen MR) is 84.4 cm³/mol. The van der Waals surface area contributed by atoms with E-state index in [1.165, 1.54) is 16.7 Å². The van der Waals surface area contributed by atoms with Crippen LogP contribution in [0, 0.1) is 0 Å². The molecule has 0 bridgehead atoms. The highest BCUT2D eigenvalue weighted by Gasteiger charge is 2.26. The Morgan fingerprint density at radius 1 is 1.32 bits per heavy atom. The SMILES string of the molecule is O/N=C\C1=C[C@H](C[C@H](O)C[NH+]2CCOCC2)c2ccccc21. The second kappa shape index (κ2) is 7.05. The van der Waals surface area contributed by atoms with Gasteiger partial charge in [0.1, 0.15) is 25.7 Å². The number of aliphatic hydroxyl groups is 1. The number of allylic oxidation sites excluding steroid dienone is 2. The Morgan fingerprint density at radius 3 is 2.86 bits per heavy atom. The van der Waals surface area contributed by atoms with Gasteiger partial charge >= 0.3 is 0 Å². The van der Waals surface area contributed by atoms with Gasteiger partial charge in [0.25, 0.3) is 0 Å². The fraction of sp³-hybridized carbons (Fsp3) is 0.471. The number of hydrogen-bond donors (Lipinski definition) is 3. The molecule has 2 aliphatic rings. The van der Waals surface area contributed by atoms with Crippen LogP contribution >= 0.6 is 0 Å². The Bertz CT molecular complexity index is 565. The highest BCUT2D eigenvalue weighted by Crippen LogP contribution is 2.37. The number of fused-ring (bicyclic) bond motifs is 1. The predicted octanol–water partition coefficient (Wildman–Crippen LogP) is 0.293. The quantitative estimate of drug-likeness (QED) is 0.416. The van der Waals surface area contributed by atoms with E-state index in [0.717, 1.165) is 44.0 Å². The molecule has 118 valence electrons. The van der Waals surface area contributed by atoms with Gasteiger partial charge in [-0.15, -0.1) is 0 Å². The average Bonchev–Trinajstić information content (AvgIpc) is 2.87. The second-order valence-electron chi connectivity index (χ2n) is 6.02. The molecule has 5 nitrogen and oxygen atoms in total. The smallest absolute Gasteiger partial charge is 0.104 e. The first-order chi connectivity index (χ1) is 10.8. The van der Waals surface area contributed by atoms with Crippen LogP contribution in [0.5, 0.6) is 0 Å². The molecule has 0 aromatic heterocycles. The Hall–Kier alpha value is -1.69. The summed E-state index contributed by atoms with van der Waals surface area (Å²) >= 11 is 0. The number of nitrogens with one attached hydrogen (secondary N) is 1. The molecular weight excluding hydrogens is 280 g/mol. The topological polar surface area (TPSA) is 66.5 Å². The van der Waals surface area contributed by atoms with Gasteiger partial charge in [0.05, 0.1) is 19.4 Å². The molecule has 1 aliphatic carbocycles. The van der Waals surface area contributed by atoms with E-state index in [1.54, 1.807) is 0 Å². The van der Waals surface area contributed by atoms with Crippen LogP contribution in [0.3, 0.4) is 0 Å². The van der Waals surface area contributed by atoms with Crippen molar-refractivity contribution in [2.24, 2.45) is 5.16 Å². The minimum Gasteiger partial charge on any atom is -0.411 e. The van der Waals surface area contributed by atoms with Crippen molar-refractivity contribution in [3.05, 3.63) is 41.5 Å². The maximum Gasteiger partial charge on any atom is 0.104 e. The number of ether oxygens (including phenoxy) is 1. The van der Waals surface area contributed by atoms with Gasteiger partial charge in [-0.2, -0.15) is 0 Å². The monoisotopic (exact) mass is 303 g/mol. The third-order valence-electron chi connectivity index (χ3n) is 4.50. The van der Waals surface area contributed by atoms with Gasteiger partial charge in [-0.25, -0.2) is 0 Å². The Balaban J connectivity index is 1.66. The molecule has 0 unspecified atom stereocenters. The largest absolute Gasteiger partial charge is 0.411 e. The summed E-state index contributed by atoms with van der Waals surface area (Å²) in [6.07, 6.45) is 3.91. The van der Waals surface area contributed by atoms with E-state index < -0.39 is 0 Å². The zero-order valence-electron chi connectivity index (χ0n) is 12.6. The molecule has 22 heavy (non-hydrogen) atoms. The minimum atomic E-state index is -0.340. The molecule has 3 N–H and O–H groups in total. The number of nitrogens with zero attached hydrogens (tertiary/aromatic N) is 1. The number of hydrogen-bond acceptors (Lipinski definition) is 4. The second-order valence-corrected chi connectivity index (χ2v) is 6.02. The zero-order valence-corrected chi connectivity index (χ0v) is 12.6. The van der Waals surface area contributed by atoms with Crippen LogP contribution in [-0.2, 0) is 4.74 Å². The lowest BCUT2D eigenvalue weighted by atomic mass is 9.94. The fourth-order valence-electron chi connectivity index (χ4n) is 3.42. The summed E-state index contributed by atoms with van der Waals surface area (Å²) in [5.74, 6) is 0.180. The lowest BCUT2D eigenvalue weighted by Crippen LogP contribution is -3.15. The summed E-state index contributed by atoms with van der Waals surface area (Å²) < 4.78 is 5.35. The summed E-state index contributed by atoms with van der Waals surface area (Å²) in [5.41, 5.74) is 3.22. The number of oxime groups is 1. The van der Waals surface area contributed by atoms with Crippen molar-refractivity contribution in [1.82, 2.24) is 0 Å². The molecule has 0 saturated carbocycles. The Morgan fingerprint density at radius 2 is 2.09 bits per heavy atom. The summed E-state index contributed by atoms with van der Waals surface area (Å²) in [6.45, 7) is 4.27. The van der Waals surface area contributed by atoms with Crippen molar-refractivity contribution in [1.29, 1.82) is 0 Å². The fourth-order valence-corrected chi connectivity index (χ4v) is 3.42. The van der Waals surface area contributed by atoms with Gasteiger partial charge in [0, 0.05) is 11.5 Å². The summed E-state index contributed by atoms with van der Waals surface area (Å²) in [7, 11) is 0. The van der Waals surface area contributed by atoms with Gasteiger partial charge in [0.2, 0.25) is 0 Å². The third kappa shape index (κ3) is 3.38. The van der Waals surface area contributed by atoms with Gasteiger partial charge in [-0.3, -0.25) is 0 Å². The van der Waals surface area contributed by atoms with Crippen molar-refractivity contribution in [3.8, 4) is 0 Å². The van der Waals surface area contributed by atoms with E-state index in [0.29, 0.717) is 6.42 Å². The molecule has 1 saturated heterocycles. The molecular formula is C17H23N2O3+. The molecule has 0 amide bonds. The third-order valence-corrected chi connectivity index (χ3v) is 4.50. The first-order valence-corrected chi connectivity index (χ1v) is 7.86. The minimum absolute atomic E-state index is 0.180. The molecule has 1 aromatic rings. The Kier molecular flexibility index (Phi) is 4.87.